The molecule has 1 saturated carbocycles. The molecule has 96 valence electrons. The number of amidine groups is 1. The van der Waals surface area contributed by atoms with E-state index in [0.29, 0.717) is 18.0 Å². The van der Waals surface area contributed by atoms with Gasteiger partial charge in [-0.2, -0.15) is 0 Å². The van der Waals surface area contributed by atoms with Crippen molar-refractivity contribution in [3.05, 3.63) is 0 Å². The predicted molar refractivity (Wildman–Crippen MR) is 64.0 cm³/mol. The van der Waals surface area contributed by atoms with E-state index in [2.05, 4.69) is 10.1 Å². The quantitative estimate of drug-likeness (QED) is 0.329. The lowest BCUT2D eigenvalue weighted by molar-refractivity contribution is -0.0436. The van der Waals surface area contributed by atoms with E-state index in [-0.39, 0.29) is 5.41 Å². The average molecular weight is 239 g/mol. The number of nitrogens with two attached hydrogens (primary N) is 1. The Morgan fingerprint density at radius 2 is 2.00 bits per heavy atom. The molecular weight excluding hydrogens is 218 g/mol. The number of morpholine rings is 1. The van der Waals surface area contributed by atoms with Crippen molar-refractivity contribution in [3.8, 4) is 0 Å². The number of hydrogen-bond donors (Lipinski definition) is 2. The zero-order valence-electron chi connectivity index (χ0n) is 10.1. The van der Waals surface area contributed by atoms with Crippen LogP contribution in [0.5, 0.6) is 0 Å². The van der Waals surface area contributed by atoms with E-state index in [9.17, 15) is 0 Å². The summed E-state index contributed by atoms with van der Waals surface area (Å²) >= 11 is 0. The molecule has 3 N–H and O–H groups in total. The van der Waals surface area contributed by atoms with Crippen molar-refractivity contribution in [3.63, 3.8) is 0 Å². The summed E-state index contributed by atoms with van der Waals surface area (Å²) in [6.45, 7) is 3.21. The van der Waals surface area contributed by atoms with Gasteiger partial charge >= 0.3 is 0 Å². The lowest BCUT2D eigenvalue weighted by Gasteiger charge is -2.34. The van der Waals surface area contributed by atoms with Crippen molar-refractivity contribution in [1.29, 1.82) is 0 Å². The lowest BCUT2D eigenvalue weighted by Crippen LogP contribution is -2.45. The van der Waals surface area contributed by atoms with Crippen molar-refractivity contribution in [2.45, 2.75) is 44.3 Å². The van der Waals surface area contributed by atoms with E-state index in [1.807, 2.05) is 0 Å². The maximum absolute atomic E-state index is 8.66. The van der Waals surface area contributed by atoms with E-state index >= 15 is 0 Å². The minimum atomic E-state index is 0.285. The molecule has 0 amide bonds. The number of oxime groups is 1. The number of hydrogen-bond acceptors (Lipinski definition) is 4. The molecule has 17 heavy (non-hydrogen) atoms. The number of ether oxygens (including phenoxy) is 1. The van der Waals surface area contributed by atoms with Gasteiger partial charge in [-0.25, -0.2) is 0 Å². The Morgan fingerprint density at radius 1 is 1.35 bits per heavy atom. The van der Waals surface area contributed by atoms with Crippen LogP contribution in [0.1, 0.15) is 32.1 Å². The minimum absolute atomic E-state index is 0.285. The molecule has 2 bridgehead atoms. The predicted octanol–water partition coefficient (Wildman–Crippen LogP) is 0.766. The summed E-state index contributed by atoms with van der Waals surface area (Å²) in [7, 11) is 0. The largest absolute Gasteiger partial charge is 0.409 e. The topological polar surface area (TPSA) is 71.1 Å². The molecule has 5 nitrogen and oxygen atoms in total. The van der Waals surface area contributed by atoms with Gasteiger partial charge in [0.15, 0.2) is 0 Å². The molecule has 3 fully saturated rings. The Bertz CT molecular complexity index is 316. The van der Waals surface area contributed by atoms with E-state index in [1.165, 1.54) is 25.7 Å². The monoisotopic (exact) mass is 239 g/mol. The first kappa shape index (κ1) is 11.3. The summed E-state index contributed by atoms with van der Waals surface area (Å²) in [6, 6.07) is 0. The first-order valence-electron chi connectivity index (χ1n) is 6.53. The SMILES string of the molecule is NC(CC1(CN2CC3CCC(C2)O3)CC1)=NO. The van der Waals surface area contributed by atoms with Gasteiger partial charge in [0, 0.05) is 26.1 Å². The summed E-state index contributed by atoms with van der Waals surface area (Å²) in [4.78, 5) is 2.52. The van der Waals surface area contributed by atoms with Crippen LogP contribution in [0.2, 0.25) is 0 Å². The fourth-order valence-corrected chi connectivity index (χ4v) is 3.29. The van der Waals surface area contributed by atoms with E-state index in [0.717, 1.165) is 26.1 Å². The van der Waals surface area contributed by atoms with E-state index in [1.54, 1.807) is 0 Å². The summed E-state index contributed by atoms with van der Waals surface area (Å²) in [5.74, 6) is 0.374. The van der Waals surface area contributed by atoms with Crippen molar-refractivity contribution in [2.75, 3.05) is 19.6 Å². The van der Waals surface area contributed by atoms with Crippen LogP contribution in [0.25, 0.3) is 0 Å². The molecule has 0 aromatic heterocycles. The van der Waals surface area contributed by atoms with Gasteiger partial charge in [0.05, 0.1) is 12.2 Å². The molecule has 2 heterocycles. The van der Waals surface area contributed by atoms with Gasteiger partial charge in [0.25, 0.3) is 0 Å². The maximum atomic E-state index is 8.66. The molecule has 0 aromatic rings. The highest BCUT2D eigenvalue weighted by atomic mass is 16.5. The van der Waals surface area contributed by atoms with Gasteiger partial charge in [-0.1, -0.05) is 5.16 Å². The molecule has 0 aromatic carbocycles. The van der Waals surface area contributed by atoms with Crippen LogP contribution in [0.4, 0.5) is 0 Å². The first-order valence-corrected chi connectivity index (χ1v) is 6.53. The molecule has 5 heteroatoms. The number of fused-ring (bicyclic) bond motifs is 2. The second kappa shape index (κ2) is 4.14. The highest BCUT2D eigenvalue weighted by Crippen LogP contribution is 2.49. The van der Waals surface area contributed by atoms with Gasteiger partial charge in [-0.3, -0.25) is 4.90 Å². The standard InChI is InChI=1S/C12H21N3O2/c13-11(14-16)5-12(3-4-12)8-15-6-9-1-2-10(7-15)17-9/h9-10,16H,1-8H2,(H2,13,14). The molecule has 2 saturated heterocycles. The molecule has 1 aliphatic carbocycles. The summed E-state index contributed by atoms with van der Waals surface area (Å²) in [6.07, 6.45) is 6.48. The summed E-state index contributed by atoms with van der Waals surface area (Å²) in [5, 5.41) is 11.8. The van der Waals surface area contributed by atoms with E-state index < -0.39 is 0 Å². The van der Waals surface area contributed by atoms with E-state index in [4.69, 9.17) is 15.7 Å². The number of nitrogens with zero attached hydrogens (tertiary/aromatic N) is 2. The van der Waals surface area contributed by atoms with Crippen LogP contribution < -0.4 is 5.73 Å². The van der Waals surface area contributed by atoms with Crippen LogP contribution in [-0.2, 0) is 4.74 Å². The molecule has 2 atom stereocenters. The first-order chi connectivity index (χ1) is 8.19. The second-order valence-corrected chi connectivity index (χ2v) is 5.92. The van der Waals surface area contributed by atoms with Crippen LogP contribution in [0, 0.1) is 5.41 Å². The Hall–Kier alpha value is -0.810. The Morgan fingerprint density at radius 3 is 2.53 bits per heavy atom. The molecule has 0 spiro atoms. The molecule has 0 radical (unpaired) electrons. The van der Waals surface area contributed by atoms with Crippen molar-refractivity contribution < 1.29 is 9.94 Å². The Balaban J connectivity index is 1.56. The molecule has 2 unspecified atom stereocenters. The summed E-state index contributed by atoms with van der Waals surface area (Å²) in [5.41, 5.74) is 5.91. The maximum Gasteiger partial charge on any atom is 0.139 e. The molecule has 2 aliphatic heterocycles. The van der Waals surface area contributed by atoms with Crippen molar-refractivity contribution >= 4 is 5.84 Å². The van der Waals surface area contributed by atoms with Gasteiger partial charge in [0.1, 0.15) is 5.84 Å². The smallest absolute Gasteiger partial charge is 0.139 e. The van der Waals surface area contributed by atoms with Crippen molar-refractivity contribution in [2.24, 2.45) is 16.3 Å². The van der Waals surface area contributed by atoms with Gasteiger partial charge < -0.3 is 15.7 Å². The fraction of sp³-hybridized carbons (Fsp3) is 0.917. The van der Waals surface area contributed by atoms with Crippen LogP contribution in [0.3, 0.4) is 0 Å². The fourth-order valence-electron chi connectivity index (χ4n) is 3.29. The average Bonchev–Trinajstić information content (AvgIpc) is 2.96. The number of rotatable bonds is 4. The molecular formula is C12H21N3O2. The lowest BCUT2D eigenvalue weighted by atomic mass is 10.0. The Labute approximate surface area is 102 Å². The van der Waals surface area contributed by atoms with Gasteiger partial charge in [-0.05, 0) is 31.1 Å². The van der Waals surface area contributed by atoms with Gasteiger partial charge in [-0.15, -0.1) is 0 Å². The highest BCUT2D eigenvalue weighted by molar-refractivity contribution is 5.80. The second-order valence-electron chi connectivity index (χ2n) is 5.92. The van der Waals surface area contributed by atoms with Crippen LogP contribution in [-0.4, -0.2) is 47.8 Å². The summed E-state index contributed by atoms with van der Waals surface area (Å²) < 4.78 is 5.83. The molecule has 3 aliphatic rings. The van der Waals surface area contributed by atoms with Gasteiger partial charge in [0.2, 0.25) is 0 Å². The third kappa shape index (κ3) is 2.40. The highest BCUT2D eigenvalue weighted by Gasteiger charge is 2.46. The zero-order valence-corrected chi connectivity index (χ0v) is 10.1. The number of likely N-dealkylation sites (tertiary alicyclic amines) is 1. The van der Waals surface area contributed by atoms with Crippen LogP contribution >= 0.6 is 0 Å². The van der Waals surface area contributed by atoms with Crippen molar-refractivity contribution in [1.82, 2.24) is 4.90 Å². The normalized spacial score (nSPS) is 36.1. The minimum Gasteiger partial charge on any atom is -0.409 e. The Kier molecular flexibility index (Phi) is 2.75. The third-order valence-electron chi connectivity index (χ3n) is 4.32. The van der Waals surface area contributed by atoms with Crippen LogP contribution in [0.15, 0.2) is 5.16 Å². The zero-order chi connectivity index (χ0) is 11.9. The third-order valence-corrected chi connectivity index (χ3v) is 4.32. The molecule has 3 rings (SSSR count).